The Bertz CT molecular complexity index is 1430. The Balaban J connectivity index is 2.20. The highest BCUT2D eigenvalue weighted by Crippen LogP contribution is 2.35. The summed E-state index contributed by atoms with van der Waals surface area (Å²) in [7, 11) is 0. The van der Waals surface area contributed by atoms with Crippen molar-refractivity contribution in [3.63, 3.8) is 0 Å². The summed E-state index contributed by atoms with van der Waals surface area (Å²) in [4.78, 5) is 85.7. The largest absolute Gasteiger partial charge is 0.463 e. The zero-order chi connectivity index (χ0) is 38.0. The standard InChI is InChI=1S/C33H43NO17/c1-15-9-11-23(12-10-15)34-32-30(47-21(7)40)28(26(44-18(4)37)24(49-32)13-42-16(2)35)51-33-31(48-22(8)41)29(46-20(6)39)27(45-19(5)38)25(50-33)14-43-17(3)36/h9-12,24-34H,13-14H2,1-8H3/t24-,25-,26-,27-,28+,29+,30-,31-,32?,33+/m1/s1. The van der Waals surface area contributed by atoms with Gasteiger partial charge in [0.15, 0.2) is 43.0 Å². The van der Waals surface area contributed by atoms with Crippen molar-refractivity contribution in [2.24, 2.45) is 0 Å². The van der Waals surface area contributed by atoms with E-state index in [0.29, 0.717) is 5.69 Å². The molecule has 1 N–H and O–H groups in total. The van der Waals surface area contributed by atoms with Crippen LogP contribution in [0.3, 0.4) is 0 Å². The third-order valence-corrected chi connectivity index (χ3v) is 7.29. The topological polar surface area (TPSA) is 224 Å². The first-order valence-electron chi connectivity index (χ1n) is 15.9. The van der Waals surface area contributed by atoms with E-state index < -0.39 is 116 Å². The maximum atomic E-state index is 12.6. The summed E-state index contributed by atoms with van der Waals surface area (Å²) in [5.41, 5.74) is 1.44. The molecule has 2 saturated heterocycles. The molecule has 18 nitrogen and oxygen atoms in total. The lowest BCUT2D eigenvalue weighted by Crippen LogP contribution is -2.68. The van der Waals surface area contributed by atoms with Crippen LogP contribution in [0.2, 0.25) is 0 Å². The predicted molar refractivity (Wildman–Crippen MR) is 168 cm³/mol. The fourth-order valence-corrected chi connectivity index (χ4v) is 5.44. The molecule has 0 saturated carbocycles. The van der Waals surface area contributed by atoms with E-state index >= 15 is 0 Å². The van der Waals surface area contributed by atoms with Crippen LogP contribution in [0.15, 0.2) is 24.3 Å². The normalized spacial score (nSPS) is 28.6. The molecule has 51 heavy (non-hydrogen) atoms. The van der Waals surface area contributed by atoms with E-state index in [1.807, 2.05) is 6.92 Å². The van der Waals surface area contributed by atoms with Gasteiger partial charge in [-0.25, -0.2) is 0 Å². The van der Waals surface area contributed by atoms with E-state index in [-0.39, 0.29) is 0 Å². The van der Waals surface area contributed by atoms with Crippen LogP contribution in [0.5, 0.6) is 0 Å². The van der Waals surface area contributed by atoms with Gasteiger partial charge in [-0.3, -0.25) is 33.6 Å². The van der Waals surface area contributed by atoms with Crippen LogP contribution >= 0.6 is 0 Å². The van der Waals surface area contributed by atoms with Crippen LogP contribution in [0.25, 0.3) is 0 Å². The molecule has 2 aliphatic rings. The van der Waals surface area contributed by atoms with Crippen LogP contribution in [0.4, 0.5) is 5.69 Å². The smallest absolute Gasteiger partial charge is 0.303 e. The number of benzene rings is 1. The lowest BCUT2D eigenvalue weighted by Gasteiger charge is -2.49. The number of rotatable bonds is 13. The number of carbonyl (C=O) groups is 7. The van der Waals surface area contributed by atoms with Crippen molar-refractivity contribution in [1.29, 1.82) is 0 Å². The average Bonchev–Trinajstić information content (AvgIpc) is 3.00. The number of anilines is 1. The third-order valence-electron chi connectivity index (χ3n) is 7.29. The fourth-order valence-electron chi connectivity index (χ4n) is 5.44. The highest BCUT2D eigenvalue weighted by atomic mass is 16.8. The maximum absolute atomic E-state index is 12.6. The second kappa shape index (κ2) is 18.4. The molecular formula is C33H43NO17. The molecule has 282 valence electrons. The molecule has 18 heteroatoms. The SMILES string of the molecule is CC(=O)OC[C@H]1O[C@@H](O[C@H]2[C@H](OC(C)=O)[C@@H](COC(C)=O)OC(Nc3ccc(C)cc3)[C@@H]2OC(C)=O)[C@H](OC(C)=O)[C@@H](OC(C)=O)[C@@H]1OC(C)=O. The summed E-state index contributed by atoms with van der Waals surface area (Å²) in [5, 5.41) is 3.10. The van der Waals surface area contributed by atoms with Crippen molar-refractivity contribution in [2.75, 3.05) is 18.5 Å². The van der Waals surface area contributed by atoms with E-state index in [1.165, 1.54) is 0 Å². The zero-order valence-corrected chi connectivity index (χ0v) is 29.4. The molecule has 1 aromatic carbocycles. The van der Waals surface area contributed by atoms with Crippen LogP contribution in [0.1, 0.15) is 54.0 Å². The molecule has 0 aliphatic carbocycles. The number of ether oxygens (including phenoxy) is 10. The molecule has 2 aliphatic heterocycles. The summed E-state index contributed by atoms with van der Waals surface area (Å²) in [6, 6.07) is 7.04. The highest BCUT2D eigenvalue weighted by Gasteiger charge is 2.57. The van der Waals surface area contributed by atoms with Gasteiger partial charge in [-0.1, -0.05) is 17.7 Å². The number of hydrogen-bond acceptors (Lipinski definition) is 18. The monoisotopic (exact) mass is 725 g/mol. The summed E-state index contributed by atoms with van der Waals surface area (Å²) >= 11 is 0. The Kier molecular flexibility index (Phi) is 14.7. The van der Waals surface area contributed by atoms with Crippen LogP contribution < -0.4 is 5.32 Å². The fraction of sp³-hybridized carbons (Fsp3) is 0.606. The quantitative estimate of drug-likeness (QED) is 0.221. The van der Waals surface area contributed by atoms with E-state index in [1.54, 1.807) is 24.3 Å². The van der Waals surface area contributed by atoms with Crippen LogP contribution in [-0.4, -0.2) is 116 Å². The summed E-state index contributed by atoms with van der Waals surface area (Å²) < 4.78 is 56.8. The van der Waals surface area contributed by atoms with Gasteiger partial charge in [0.1, 0.15) is 31.5 Å². The van der Waals surface area contributed by atoms with Crippen molar-refractivity contribution >= 4 is 47.5 Å². The lowest BCUT2D eigenvalue weighted by molar-refractivity contribution is -0.343. The number of nitrogens with one attached hydrogen (secondary N) is 1. The first-order chi connectivity index (χ1) is 23.9. The van der Waals surface area contributed by atoms with Gasteiger partial charge < -0.3 is 52.7 Å². The molecule has 0 aromatic heterocycles. The Morgan fingerprint density at radius 1 is 0.529 bits per heavy atom. The molecule has 0 radical (unpaired) electrons. The zero-order valence-electron chi connectivity index (χ0n) is 29.4. The predicted octanol–water partition coefficient (Wildman–Crippen LogP) is 1.03. The molecule has 0 bridgehead atoms. The van der Waals surface area contributed by atoms with Gasteiger partial charge in [-0.05, 0) is 19.1 Å². The minimum absolute atomic E-state index is 0.468. The molecule has 10 atom stereocenters. The minimum atomic E-state index is -1.78. The maximum Gasteiger partial charge on any atom is 0.303 e. The Morgan fingerprint density at radius 2 is 0.941 bits per heavy atom. The third kappa shape index (κ3) is 12.2. The van der Waals surface area contributed by atoms with Crippen molar-refractivity contribution in [1.82, 2.24) is 0 Å². The van der Waals surface area contributed by atoms with Crippen molar-refractivity contribution < 1.29 is 80.9 Å². The number of aryl methyl sites for hydroxylation is 1. The van der Waals surface area contributed by atoms with E-state index in [2.05, 4.69) is 5.32 Å². The molecule has 0 amide bonds. The number of esters is 7. The second-order valence-electron chi connectivity index (χ2n) is 11.7. The highest BCUT2D eigenvalue weighted by molar-refractivity contribution is 5.69. The molecule has 2 fully saturated rings. The van der Waals surface area contributed by atoms with Gasteiger partial charge in [0.2, 0.25) is 0 Å². The molecule has 1 unspecified atom stereocenters. The molecular weight excluding hydrogens is 682 g/mol. The first kappa shape index (κ1) is 40.6. The minimum Gasteiger partial charge on any atom is -0.463 e. The van der Waals surface area contributed by atoms with E-state index in [4.69, 9.17) is 47.4 Å². The Labute approximate surface area is 293 Å². The van der Waals surface area contributed by atoms with Crippen molar-refractivity contribution in [3.8, 4) is 0 Å². The van der Waals surface area contributed by atoms with E-state index in [0.717, 1.165) is 54.0 Å². The summed E-state index contributed by atoms with van der Waals surface area (Å²) in [5.74, 6) is -5.71. The van der Waals surface area contributed by atoms with Crippen LogP contribution in [-0.2, 0) is 80.9 Å². The van der Waals surface area contributed by atoms with Gasteiger partial charge in [-0.2, -0.15) is 0 Å². The average molecular weight is 726 g/mol. The van der Waals surface area contributed by atoms with Gasteiger partial charge in [-0.15, -0.1) is 0 Å². The van der Waals surface area contributed by atoms with Gasteiger partial charge in [0, 0.05) is 54.2 Å². The second-order valence-corrected chi connectivity index (χ2v) is 11.7. The van der Waals surface area contributed by atoms with E-state index in [9.17, 15) is 33.6 Å². The van der Waals surface area contributed by atoms with Crippen molar-refractivity contribution in [3.05, 3.63) is 29.8 Å². The summed E-state index contributed by atoms with van der Waals surface area (Å²) in [6.07, 6.45) is -15.0. The number of hydrogen-bond donors (Lipinski definition) is 1. The summed E-state index contributed by atoms with van der Waals surface area (Å²) in [6.45, 7) is 8.48. The molecule has 2 heterocycles. The Hall–Kier alpha value is -4.81. The van der Waals surface area contributed by atoms with Gasteiger partial charge in [0.25, 0.3) is 0 Å². The first-order valence-corrected chi connectivity index (χ1v) is 15.9. The van der Waals surface area contributed by atoms with Gasteiger partial charge in [0.05, 0.1) is 0 Å². The Morgan fingerprint density at radius 3 is 1.41 bits per heavy atom. The van der Waals surface area contributed by atoms with Gasteiger partial charge >= 0.3 is 41.8 Å². The van der Waals surface area contributed by atoms with Crippen molar-refractivity contribution in [2.45, 2.75) is 117 Å². The lowest BCUT2D eigenvalue weighted by atomic mass is 9.95. The number of carbonyl (C=O) groups excluding carboxylic acids is 7. The molecule has 0 spiro atoms. The van der Waals surface area contributed by atoms with Crippen LogP contribution in [0, 0.1) is 6.92 Å². The molecule has 1 aromatic rings. The molecule has 3 rings (SSSR count).